The van der Waals surface area contributed by atoms with Gasteiger partial charge in [-0.2, -0.15) is 0 Å². The molecule has 0 N–H and O–H groups in total. The van der Waals surface area contributed by atoms with E-state index in [4.69, 9.17) is 4.98 Å². The van der Waals surface area contributed by atoms with Crippen LogP contribution in [-0.4, -0.2) is 21.1 Å². The summed E-state index contributed by atoms with van der Waals surface area (Å²) in [4.78, 5) is 34.8. The lowest BCUT2D eigenvalue weighted by molar-refractivity contribution is 0.102. The van der Waals surface area contributed by atoms with Crippen LogP contribution in [0.15, 0.2) is 28.7 Å². The molecule has 0 unspecified atom stereocenters. The minimum Gasteiger partial charge on any atom is -0.293 e. The summed E-state index contributed by atoms with van der Waals surface area (Å²) in [7, 11) is 0. The van der Waals surface area contributed by atoms with Crippen LogP contribution in [0.1, 0.15) is 37.0 Å². The molecular weight excluding hydrogens is 396 g/mol. The predicted octanol–water partition coefficient (Wildman–Crippen LogP) is 4.79. The molecule has 0 spiro atoms. The van der Waals surface area contributed by atoms with E-state index in [2.05, 4.69) is 6.58 Å². The Labute approximate surface area is 170 Å². The van der Waals surface area contributed by atoms with Gasteiger partial charge in [0.1, 0.15) is 4.83 Å². The van der Waals surface area contributed by atoms with Crippen molar-refractivity contribution in [1.82, 2.24) is 9.55 Å². The van der Waals surface area contributed by atoms with Gasteiger partial charge in [0.15, 0.2) is 10.9 Å². The third-order valence-corrected chi connectivity index (χ3v) is 7.90. The van der Waals surface area contributed by atoms with Gasteiger partial charge in [0.05, 0.1) is 11.1 Å². The predicted molar refractivity (Wildman–Crippen MR) is 115 cm³/mol. The van der Waals surface area contributed by atoms with Gasteiger partial charge < -0.3 is 0 Å². The van der Waals surface area contributed by atoms with E-state index in [9.17, 15) is 9.59 Å². The molecule has 1 aliphatic carbocycles. The maximum Gasteiger partial charge on any atom is 0.263 e. The van der Waals surface area contributed by atoms with Crippen LogP contribution < -0.4 is 5.56 Å². The fourth-order valence-electron chi connectivity index (χ4n) is 3.57. The number of fused-ring (bicyclic) bond motifs is 3. The summed E-state index contributed by atoms with van der Waals surface area (Å²) >= 11 is 4.61. The van der Waals surface area contributed by atoms with Crippen LogP contribution in [0, 0.1) is 13.8 Å². The minimum absolute atomic E-state index is 0.00296. The number of hydrogen-bond acceptors (Lipinski definition) is 6. The molecule has 0 saturated heterocycles. The van der Waals surface area contributed by atoms with E-state index in [-0.39, 0.29) is 17.1 Å². The van der Waals surface area contributed by atoms with Crippen LogP contribution >= 0.6 is 34.4 Å². The number of thiophene rings is 2. The highest BCUT2D eigenvalue weighted by Gasteiger charge is 2.23. The molecule has 0 aromatic carbocycles. The van der Waals surface area contributed by atoms with Crippen molar-refractivity contribution in [2.24, 2.45) is 0 Å². The van der Waals surface area contributed by atoms with Gasteiger partial charge in [-0.25, -0.2) is 4.98 Å². The molecule has 0 amide bonds. The number of carbonyl (C=O) groups excluding carboxylic acids is 1. The Morgan fingerprint density at radius 2 is 2.19 bits per heavy atom. The van der Waals surface area contributed by atoms with Crippen LogP contribution in [-0.2, 0) is 19.4 Å². The summed E-state index contributed by atoms with van der Waals surface area (Å²) in [6, 6.07) is 1.94. The van der Waals surface area contributed by atoms with Gasteiger partial charge in [-0.3, -0.25) is 14.2 Å². The number of aromatic nitrogens is 2. The van der Waals surface area contributed by atoms with Crippen LogP contribution in [0.4, 0.5) is 0 Å². The second kappa shape index (κ2) is 7.37. The smallest absolute Gasteiger partial charge is 0.263 e. The number of ketones is 1. The number of carbonyl (C=O) groups is 1. The minimum atomic E-state index is -0.00296. The average Bonchev–Trinajstić information content (AvgIpc) is 3.29. The average molecular weight is 417 g/mol. The molecule has 0 bridgehead atoms. The van der Waals surface area contributed by atoms with Gasteiger partial charge in [-0.1, -0.05) is 17.8 Å². The topological polar surface area (TPSA) is 52.0 Å². The van der Waals surface area contributed by atoms with E-state index >= 15 is 0 Å². The summed E-state index contributed by atoms with van der Waals surface area (Å²) in [6.45, 7) is 8.16. The van der Waals surface area contributed by atoms with Crippen molar-refractivity contribution in [3.05, 3.63) is 54.8 Å². The monoisotopic (exact) mass is 416 g/mol. The molecule has 3 heterocycles. The van der Waals surface area contributed by atoms with Crippen molar-refractivity contribution in [1.29, 1.82) is 0 Å². The quantitative estimate of drug-likeness (QED) is 0.251. The molecule has 0 atom stereocenters. The van der Waals surface area contributed by atoms with Gasteiger partial charge >= 0.3 is 0 Å². The Kier molecular flexibility index (Phi) is 5.09. The van der Waals surface area contributed by atoms with Crippen molar-refractivity contribution >= 4 is 50.4 Å². The number of thioether (sulfide) groups is 1. The van der Waals surface area contributed by atoms with E-state index in [1.54, 1.807) is 33.3 Å². The van der Waals surface area contributed by atoms with Crippen molar-refractivity contribution < 1.29 is 4.79 Å². The SMILES string of the molecule is C=CCn1c(SCC(=O)c2cc(C)sc2C)nc2sc3c(c2c1=O)CCC3. The Morgan fingerprint density at radius 3 is 2.89 bits per heavy atom. The van der Waals surface area contributed by atoms with E-state index < -0.39 is 0 Å². The highest BCUT2D eigenvalue weighted by molar-refractivity contribution is 7.99. The first-order valence-corrected chi connectivity index (χ1v) is 11.5. The Morgan fingerprint density at radius 1 is 1.37 bits per heavy atom. The third-order valence-electron chi connectivity index (χ3n) is 4.78. The molecule has 0 aliphatic heterocycles. The zero-order valence-corrected chi connectivity index (χ0v) is 17.8. The molecule has 7 heteroatoms. The molecule has 4 rings (SSSR count). The molecule has 3 aromatic heterocycles. The number of allylic oxidation sites excluding steroid dienone is 1. The fraction of sp³-hybridized carbons (Fsp3) is 0.350. The molecule has 0 saturated carbocycles. The van der Waals surface area contributed by atoms with Crippen LogP contribution in [0.2, 0.25) is 0 Å². The number of rotatable bonds is 6. The number of nitrogens with zero attached hydrogens (tertiary/aromatic N) is 2. The van der Waals surface area contributed by atoms with Crippen molar-refractivity contribution in [3.8, 4) is 0 Å². The number of aryl methyl sites for hydroxylation is 4. The molecular formula is C20H20N2O2S3. The van der Waals surface area contributed by atoms with Gasteiger partial charge in [0, 0.05) is 26.7 Å². The Bertz CT molecular complexity index is 1120. The van der Waals surface area contributed by atoms with Gasteiger partial charge in [-0.15, -0.1) is 29.3 Å². The van der Waals surface area contributed by atoms with Crippen molar-refractivity contribution in [2.75, 3.05) is 5.75 Å². The lowest BCUT2D eigenvalue weighted by Gasteiger charge is -2.10. The van der Waals surface area contributed by atoms with Gasteiger partial charge in [0.2, 0.25) is 0 Å². The number of Topliss-reactive ketones (excluding diaryl/α,β-unsaturated/α-hetero) is 1. The molecule has 3 aromatic rings. The lowest BCUT2D eigenvalue weighted by Crippen LogP contribution is -2.23. The van der Waals surface area contributed by atoms with Gasteiger partial charge in [-0.05, 0) is 44.7 Å². The van der Waals surface area contributed by atoms with Crippen molar-refractivity contribution in [3.63, 3.8) is 0 Å². The van der Waals surface area contributed by atoms with E-state index in [1.165, 1.54) is 22.2 Å². The Balaban J connectivity index is 1.69. The van der Waals surface area contributed by atoms with E-state index in [0.29, 0.717) is 11.7 Å². The zero-order valence-electron chi connectivity index (χ0n) is 15.3. The van der Waals surface area contributed by atoms with Crippen LogP contribution in [0.25, 0.3) is 10.2 Å². The Hall–Kier alpha value is -1.70. The third kappa shape index (κ3) is 3.32. The normalized spacial score (nSPS) is 13.3. The molecule has 0 radical (unpaired) electrons. The van der Waals surface area contributed by atoms with Crippen LogP contribution in [0.3, 0.4) is 0 Å². The summed E-state index contributed by atoms with van der Waals surface area (Å²) in [5.41, 5.74) is 1.96. The summed E-state index contributed by atoms with van der Waals surface area (Å²) in [5.74, 6) is 0.354. The standard InChI is InChI=1S/C20H20N2O2S3/c1-4-8-22-19(24)17-13-6-5-7-16(13)27-18(17)21-20(22)25-10-15(23)14-9-11(2)26-12(14)3/h4,9H,1,5-8,10H2,2-3H3. The van der Waals surface area contributed by atoms with Gasteiger partial charge in [0.25, 0.3) is 5.56 Å². The molecule has 0 fully saturated rings. The maximum atomic E-state index is 13.1. The largest absolute Gasteiger partial charge is 0.293 e. The second-order valence-corrected chi connectivity index (χ2v) is 10.2. The van der Waals surface area contributed by atoms with Crippen molar-refractivity contribution in [2.45, 2.75) is 44.8 Å². The maximum absolute atomic E-state index is 13.1. The fourth-order valence-corrected chi connectivity index (χ4v) is 6.71. The first kappa shape index (κ1) is 18.7. The summed E-state index contributed by atoms with van der Waals surface area (Å²) in [6.07, 6.45) is 4.82. The van der Waals surface area contributed by atoms with E-state index in [1.807, 2.05) is 19.9 Å². The first-order chi connectivity index (χ1) is 13.0. The number of hydrogen-bond donors (Lipinski definition) is 0. The molecule has 1 aliphatic rings. The second-order valence-electron chi connectivity index (χ2n) is 6.68. The highest BCUT2D eigenvalue weighted by atomic mass is 32.2. The lowest BCUT2D eigenvalue weighted by atomic mass is 10.2. The first-order valence-electron chi connectivity index (χ1n) is 8.88. The molecule has 140 valence electrons. The highest BCUT2D eigenvalue weighted by Crippen LogP contribution is 2.35. The summed E-state index contributed by atoms with van der Waals surface area (Å²) < 4.78 is 1.66. The summed E-state index contributed by atoms with van der Waals surface area (Å²) in [5, 5.41) is 1.37. The molecule has 4 nitrogen and oxygen atoms in total. The van der Waals surface area contributed by atoms with E-state index in [0.717, 1.165) is 44.8 Å². The molecule has 27 heavy (non-hydrogen) atoms. The van der Waals surface area contributed by atoms with Crippen LogP contribution in [0.5, 0.6) is 0 Å². The zero-order chi connectivity index (χ0) is 19.1.